The van der Waals surface area contributed by atoms with Gasteiger partial charge in [-0.25, -0.2) is 4.39 Å². The van der Waals surface area contributed by atoms with Crippen molar-refractivity contribution in [1.82, 2.24) is 5.32 Å². The van der Waals surface area contributed by atoms with Crippen molar-refractivity contribution in [2.45, 2.75) is 12.5 Å². The van der Waals surface area contributed by atoms with Crippen molar-refractivity contribution in [1.29, 1.82) is 0 Å². The molecular weight excluding hydrogens is 277 g/mol. The summed E-state index contributed by atoms with van der Waals surface area (Å²) in [5, 5.41) is 3.42. The molecule has 106 valence electrons. The molecule has 4 heteroatoms. The molecule has 1 unspecified atom stereocenters. The van der Waals surface area contributed by atoms with Gasteiger partial charge in [-0.15, -0.1) is 0 Å². The van der Waals surface area contributed by atoms with E-state index in [9.17, 15) is 4.39 Å². The molecule has 0 aliphatic rings. The molecule has 0 heterocycles. The van der Waals surface area contributed by atoms with Crippen molar-refractivity contribution >= 4 is 11.6 Å². The second kappa shape index (κ2) is 6.73. The van der Waals surface area contributed by atoms with Crippen molar-refractivity contribution in [3.05, 3.63) is 64.4 Å². The third kappa shape index (κ3) is 3.30. The molecule has 0 radical (unpaired) electrons. The molecule has 0 bridgehead atoms. The van der Waals surface area contributed by atoms with E-state index in [2.05, 4.69) is 5.32 Å². The fourth-order valence-corrected chi connectivity index (χ4v) is 2.35. The summed E-state index contributed by atoms with van der Waals surface area (Å²) >= 11 is 6.01. The van der Waals surface area contributed by atoms with Crippen LogP contribution in [0.5, 0.6) is 5.75 Å². The Morgan fingerprint density at radius 1 is 1.20 bits per heavy atom. The number of benzene rings is 2. The van der Waals surface area contributed by atoms with E-state index in [1.54, 1.807) is 13.2 Å². The molecule has 2 aromatic rings. The summed E-state index contributed by atoms with van der Waals surface area (Å²) in [6.45, 7) is 0. The minimum Gasteiger partial charge on any atom is -0.497 e. The zero-order valence-electron chi connectivity index (χ0n) is 11.5. The number of methoxy groups -OCH3 is 1. The maximum atomic E-state index is 13.5. The van der Waals surface area contributed by atoms with Gasteiger partial charge >= 0.3 is 0 Å². The average Bonchev–Trinajstić information content (AvgIpc) is 2.49. The van der Waals surface area contributed by atoms with E-state index < -0.39 is 0 Å². The van der Waals surface area contributed by atoms with Gasteiger partial charge in [0.25, 0.3) is 0 Å². The summed E-state index contributed by atoms with van der Waals surface area (Å²) in [7, 11) is 3.51. The molecule has 0 spiro atoms. The Kier molecular flexibility index (Phi) is 4.99. The molecule has 0 saturated carbocycles. The second-order valence-electron chi connectivity index (χ2n) is 4.53. The zero-order valence-corrected chi connectivity index (χ0v) is 12.2. The van der Waals surface area contributed by atoms with Crippen LogP contribution >= 0.6 is 11.6 Å². The highest BCUT2D eigenvalue weighted by Gasteiger charge is 2.14. The highest BCUT2D eigenvalue weighted by Crippen LogP contribution is 2.26. The molecule has 0 saturated heterocycles. The first-order valence-electron chi connectivity index (χ1n) is 6.39. The third-order valence-electron chi connectivity index (χ3n) is 3.32. The summed E-state index contributed by atoms with van der Waals surface area (Å²) < 4.78 is 18.6. The monoisotopic (exact) mass is 293 g/mol. The Bertz CT molecular complexity index is 571. The number of likely N-dealkylation sites (N-methyl/N-ethyl adjacent to an activating group) is 1. The summed E-state index contributed by atoms with van der Waals surface area (Å²) in [6, 6.07) is 12.8. The minimum absolute atomic E-state index is 0.0696. The molecule has 2 aromatic carbocycles. The second-order valence-corrected chi connectivity index (χ2v) is 4.91. The van der Waals surface area contributed by atoms with Crippen LogP contribution in [-0.2, 0) is 6.42 Å². The van der Waals surface area contributed by atoms with Crippen molar-refractivity contribution in [2.75, 3.05) is 14.2 Å². The summed E-state index contributed by atoms with van der Waals surface area (Å²) in [4.78, 5) is 0. The van der Waals surface area contributed by atoms with Crippen LogP contribution in [0.2, 0.25) is 5.02 Å². The van der Waals surface area contributed by atoms with Gasteiger partial charge in [0.15, 0.2) is 0 Å². The van der Waals surface area contributed by atoms with Gasteiger partial charge in [0.05, 0.1) is 12.1 Å². The zero-order chi connectivity index (χ0) is 14.5. The number of ether oxygens (including phenoxy) is 1. The highest BCUT2D eigenvalue weighted by molar-refractivity contribution is 6.31. The lowest BCUT2D eigenvalue weighted by Gasteiger charge is -2.18. The van der Waals surface area contributed by atoms with Crippen LogP contribution < -0.4 is 10.1 Å². The van der Waals surface area contributed by atoms with Gasteiger partial charge in [-0.05, 0) is 42.8 Å². The predicted molar refractivity (Wildman–Crippen MR) is 79.9 cm³/mol. The van der Waals surface area contributed by atoms with E-state index in [0.717, 1.165) is 16.9 Å². The smallest absolute Gasteiger partial charge is 0.142 e. The normalized spacial score (nSPS) is 12.2. The largest absolute Gasteiger partial charge is 0.497 e. The van der Waals surface area contributed by atoms with Gasteiger partial charge in [-0.3, -0.25) is 0 Å². The molecule has 1 N–H and O–H groups in total. The van der Waals surface area contributed by atoms with E-state index in [0.29, 0.717) is 6.42 Å². The number of hydrogen-bond acceptors (Lipinski definition) is 2. The molecule has 0 aliphatic carbocycles. The topological polar surface area (TPSA) is 21.3 Å². The molecule has 2 rings (SSSR count). The van der Waals surface area contributed by atoms with Crippen LogP contribution in [0.4, 0.5) is 4.39 Å². The molecule has 2 nitrogen and oxygen atoms in total. The van der Waals surface area contributed by atoms with Crippen LogP contribution in [0.1, 0.15) is 17.2 Å². The van der Waals surface area contributed by atoms with Gasteiger partial charge in [-0.1, -0.05) is 35.9 Å². The van der Waals surface area contributed by atoms with E-state index in [4.69, 9.17) is 16.3 Å². The van der Waals surface area contributed by atoms with E-state index >= 15 is 0 Å². The summed E-state index contributed by atoms with van der Waals surface area (Å²) in [5.41, 5.74) is 1.90. The van der Waals surface area contributed by atoms with Crippen LogP contribution in [0.3, 0.4) is 0 Å². The molecule has 20 heavy (non-hydrogen) atoms. The van der Waals surface area contributed by atoms with Gasteiger partial charge in [0.1, 0.15) is 11.6 Å². The lowest BCUT2D eigenvalue weighted by molar-refractivity contribution is 0.414. The van der Waals surface area contributed by atoms with Crippen LogP contribution in [-0.4, -0.2) is 14.2 Å². The Morgan fingerprint density at radius 2 is 1.90 bits per heavy atom. The highest BCUT2D eigenvalue weighted by atomic mass is 35.5. The molecule has 0 aromatic heterocycles. The molecule has 0 amide bonds. The Balaban J connectivity index is 2.21. The van der Waals surface area contributed by atoms with E-state index in [-0.39, 0.29) is 16.9 Å². The molecule has 0 aliphatic heterocycles. The lowest BCUT2D eigenvalue weighted by atomic mass is 9.99. The SMILES string of the molecule is CNC(Cc1cccc(F)c1Cl)c1ccc(OC)cc1. The Hall–Kier alpha value is -1.58. The van der Waals surface area contributed by atoms with E-state index in [1.807, 2.05) is 37.4 Å². The van der Waals surface area contributed by atoms with E-state index in [1.165, 1.54) is 6.07 Å². The van der Waals surface area contributed by atoms with Crippen molar-refractivity contribution in [2.24, 2.45) is 0 Å². The van der Waals surface area contributed by atoms with Crippen molar-refractivity contribution in [3.63, 3.8) is 0 Å². The van der Waals surface area contributed by atoms with Gasteiger partial charge in [-0.2, -0.15) is 0 Å². The van der Waals surface area contributed by atoms with Gasteiger partial charge < -0.3 is 10.1 Å². The first kappa shape index (κ1) is 14.8. The van der Waals surface area contributed by atoms with Gasteiger partial charge in [0, 0.05) is 6.04 Å². The number of hydrogen-bond donors (Lipinski definition) is 1. The molecular formula is C16H17ClFNO. The maximum absolute atomic E-state index is 13.5. The van der Waals surface area contributed by atoms with Crippen LogP contribution in [0.15, 0.2) is 42.5 Å². The first-order chi connectivity index (χ1) is 9.65. The Morgan fingerprint density at radius 3 is 2.50 bits per heavy atom. The number of rotatable bonds is 5. The van der Waals surface area contributed by atoms with Crippen LogP contribution in [0.25, 0.3) is 0 Å². The predicted octanol–water partition coefficient (Wildman–Crippen LogP) is 3.99. The fourth-order valence-electron chi connectivity index (χ4n) is 2.15. The minimum atomic E-state index is -0.381. The summed E-state index contributed by atoms with van der Waals surface area (Å²) in [6.07, 6.45) is 0.624. The summed E-state index contributed by atoms with van der Waals surface area (Å²) in [5.74, 6) is 0.432. The lowest BCUT2D eigenvalue weighted by Crippen LogP contribution is -2.19. The third-order valence-corrected chi connectivity index (χ3v) is 3.75. The quantitative estimate of drug-likeness (QED) is 0.900. The van der Waals surface area contributed by atoms with Crippen molar-refractivity contribution < 1.29 is 9.13 Å². The Labute approximate surface area is 123 Å². The molecule has 0 fully saturated rings. The average molecular weight is 294 g/mol. The standard InChI is InChI=1S/C16H17ClFNO/c1-19-15(11-6-8-13(20-2)9-7-11)10-12-4-3-5-14(18)16(12)17/h3-9,15,19H,10H2,1-2H3. The molecule has 1 atom stereocenters. The number of halogens is 2. The fraction of sp³-hybridized carbons (Fsp3) is 0.250. The maximum Gasteiger partial charge on any atom is 0.142 e. The van der Waals surface area contributed by atoms with Gasteiger partial charge in [0.2, 0.25) is 0 Å². The first-order valence-corrected chi connectivity index (χ1v) is 6.77. The van der Waals surface area contributed by atoms with Crippen LogP contribution in [0, 0.1) is 5.82 Å². The number of nitrogens with one attached hydrogen (secondary N) is 1. The van der Waals surface area contributed by atoms with Crippen molar-refractivity contribution in [3.8, 4) is 5.75 Å².